The van der Waals surface area contributed by atoms with E-state index in [1.807, 2.05) is 30.3 Å². The molecule has 2 rings (SSSR count). The number of guanidine groups is 1. The quantitative estimate of drug-likeness (QED) is 0.224. The van der Waals surface area contributed by atoms with E-state index in [0.717, 1.165) is 11.3 Å². The van der Waals surface area contributed by atoms with Gasteiger partial charge >= 0.3 is 0 Å². The monoisotopic (exact) mass is 530 g/mol. The first-order valence-corrected chi connectivity index (χ1v) is 11.1. The van der Waals surface area contributed by atoms with Gasteiger partial charge in [-0.05, 0) is 38.0 Å². The first kappa shape index (κ1) is 25.4. The molecule has 2 aromatic rings. The number of halogens is 1. The number of anilines is 1. The van der Waals surface area contributed by atoms with Gasteiger partial charge in [0, 0.05) is 25.8 Å². The molecule has 0 aromatic heterocycles. The highest BCUT2D eigenvalue weighted by Crippen LogP contribution is 2.07. The lowest BCUT2D eigenvalue weighted by atomic mass is 10.1. The second-order valence-electron chi connectivity index (χ2n) is 6.64. The first-order valence-electron chi connectivity index (χ1n) is 9.50. The minimum atomic E-state index is -3.14. The molecular formula is C21H31IN4O2S. The predicted molar refractivity (Wildman–Crippen MR) is 133 cm³/mol. The molecule has 8 heteroatoms. The SMILES string of the molecule is CCS(=O)(=O)N(C)CCCNC(=NCc1ccc(C)cc1)Nc1ccccc1.I. The lowest BCUT2D eigenvalue weighted by molar-refractivity contribution is 0.461. The van der Waals surface area contributed by atoms with Crippen LogP contribution in [0.2, 0.25) is 0 Å². The zero-order valence-electron chi connectivity index (χ0n) is 17.3. The van der Waals surface area contributed by atoms with E-state index in [9.17, 15) is 8.42 Å². The number of benzene rings is 2. The minimum absolute atomic E-state index is 0. The maximum absolute atomic E-state index is 11.8. The molecule has 0 heterocycles. The standard InChI is InChI=1S/C21H30N4O2S.HI/c1-4-28(26,27)25(3)16-8-15-22-21(24-20-9-6-5-7-10-20)23-17-19-13-11-18(2)12-14-19;/h5-7,9-14H,4,8,15-17H2,1-3H3,(H2,22,23,24);1H. The molecule has 0 atom stereocenters. The molecule has 6 nitrogen and oxygen atoms in total. The Hall–Kier alpha value is -1.65. The van der Waals surface area contributed by atoms with Gasteiger partial charge in [0.15, 0.2) is 5.96 Å². The van der Waals surface area contributed by atoms with Gasteiger partial charge in [0.25, 0.3) is 0 Å². The van der Waals surface area contributed by atoms with Crippen molar-refractivity contribution in [3.8, 4) is 0 Å². The van der Waals surface area contributed by atoms with Gasteiger partial charge in [-0.2, -0.15) is 0 Å². The Morgan fingerprint density at radius 3 is 2.34 bits per heavy atom. The van der Waals surface area contributed by atoms with Gasteiger partial charge < -0.3 is 10.6 Å². The van der Waals surface area contributed by atoms with E-state index in [1.54, 1.807) is 14.0 Å². The Bertz CT molecular complexity index is 856. The number of para-hydroxylation sites is 1. The van der Waals surface area contributed by atoms with Crippen molar-refractivity contribution in [1.29, 1.82) is 0 Å². The van der Waals surface area contributed by atoms with E-state index in [-0.39, 0.29) is 29.7 Å². The highest BCUT2D eigenvalue weighted by atomic mass is 127. The fourth-order valence-corrected chi connectivity index (χ4v) is 3.38. The highest BCUT2D eigenvalue weighted by molar-refractivity contribution is 14.0. The second kappa shape index (κ2) is 12.8. The Morgan fingerprint density at radius 1 is 1.07 bits per heavy atom. The zero-order chi connectivity index (χ0) is 20.4. The molecule has 0 unspecified atom stereocenters. The van der Waals surface area contributed by atoms with E-state index < -0.39 is 10.0 Å². The normalized spacial score (nSPS) is 11.8. The van der Waals surface area contributed by atoms with E-state index in [4.69, 9.17) is 0 Å². The molecule has 0 spiro atoms. The summed E-state index contributed by atoms with van der Waals surface area (Å²) in [4.78, 5) is 4.66. The van der Waals surface area contributed by atoms with E-state index in [1.165, 1.54) is 9.87 Å². The number of sulfonamides is 1. The summed E-state index contributed by atoms with van der Waals surface area (Å²) in [5.74, 6) is 0.795. The van der Waals surface area contributed by atoms with Crippen molar-refractivity contribution in [3.63, 3.8) is 0 Å². The van der Waals surface area contributed by atoms with E-state index >= 15 is 0 Å². The van der Waals surface area contributed by atoms with Crippen LogP contribution in [0.15, 0.2) is 59.6 Å². The fraction of sp³-hybridized carbons (Fsp3) is 0.381. The van der Waals surface area contributed by atoms with Crippen LogP contribution in [0.3, 0.4) is 0 Å². The van der Waals surface area contributed by atoms with E-state index in [0.29, 0.717) is 32.0 Å². The molecule has 2 aromatic carbocycles. The average molecular weight is 530 g/mol. The molecule has 0 aliphatic carbocycles. The highest BCUT2D eigenvalue weighted by Gasteiger charge is 2.14. The maximum Gasteiger partial charge on any atom is 0.213 e. The van der Waals surface area contributed by atoms with Crippen LogP contribution in [0.25, 0.3) is 0 Å². The number of hydrogen-bond donors (Lipinski definition) is 2. The largest absolute Gasteiger partial charge is 0.356 e. The molecule has 29 heavy (non-hydrogen) atoms. The van der Waals surface area contributed by atoms with Crippen LogP contribution in [-0.2, 0) is 16.6 Å². The Kier molecular flexibility index (Phi) is 11.2. The van der Waals surface area contributed by atoms with Crippen LogP contribution in [0.5, 0.6) is 0 Å². The summed E-state index contributed by atoms with van der Waals surface area (Å²) >= 11 is 0. The van der Waals surface area contributed by atoms with Crippen LogP contribution in [0.1, 0.15) is 24.5 Å². The van der Waals surface area contributed by atoms with Gasteiger partial charge in [-0.15, -0.1) is 24.0 Å². The van der Waals surface area contributed by atoms with Gasteiger partial charge in [-0.1, -0.05) is 48.0 Å². The van der Waals surface area contributed by atoms with Crippen LogP contribution in [-0.4, -0.2) is 44.6 Å². The molecule has 160 valence electrons. The summed E-state index contributed by atoms with van der Waals surface area (Å²) in [5.41, 5.74) is 3.30. The molecule has 0 saturated heterocycles. The molecule has 0 aliphatic heterocycles. The van der Waals surface area contributed by atoms with Crippen molar-refractivity contribution in [3.05, 3.63) is 65.7 Å². The number of aryl methyl sites for hydroxylation is 1. The van der Waals surface area contributed by atoms with Gasteiger partial charge in [0.2, 0.25) is 10.0 Å². The van der Waals surface area contributed by atoms with Crippen LogP contribution >= 0.6 is 24.0 Å². The molecule has 0 amide bonds. The van der Waals surface area contributed by atoms with Gasteiger partial charge in [-0.3, -0.25) is 0 Å². The maximum atomic E-state index is 11.8. The van der Waals surface area contributed by atoms with Crippen LogP contribution in [0, 0.1) is 6.92 Å². The lowest BCUT2D eigenvalue weighted by Crippen LogP contribution is -2.35. The first-order chi connectivity index (χ1) is 13.4. The van der Waals surface area contributed by atoms with Gasteiger partial charge in [0.1, 0.15) is 0 Å². The van der Waals surface area contributed by atoms with Crippen LogP contribution < -0.4 is 10.6 Å². The van der Waals surface area contributed by atoms with Gasteiger partial charge in [-0.25, -0.2) is 17.7 Å². The van der Waals surface area contributed by atoms with Crippen molar-refractivity contribution in [2.45, 2.75) is 26.8 Å². The molecule has 2 N–H and O–H groups in total. The van der Waals surface area contributed by atoms with Gasteiger partial charge in [0.05, 0.1) is 12.3 Å². The number of nitrogens with zero attached hydrogens (tertiary/aromatic N) is 2. The zero-order valence-corrected chi connectivity index (χ0v) is 20.4. The van der Waals surface area contributed by atoms with Crippen molar-refractivity contribution >= 4 is 45.6 Å². The predicted octanol–water partition coefficient (Wildman–Crippen LogP) is 3.84. The molecule has 0 fully saturated rings. The fourth-order valence-electron chi connectivity index (χ4n) is 2.53. The molecule has 0 saturated carbocycles. The summed E-state index contributed by atoms with van der Waals surface area (Å²) < 4.78 is 25.0. The Labute approximate surface area is 191 Å². The third-order valence-corrected chi connectivity index (χ3v) is 6.22. The minimum Gasteiger partial charge on any atom is -0.356 e. The summed E-state index contributed by atoms with van der Waals surface area (Å²) in [6, 6.07) is 18.1. The second-order valence-corrected chi connectivity index (χ2v) is 9.01. The number of aliphatic imine (C=N–C) groups is 1. The van der Waals surface area contributed by atoms with Crippen molar-refractivity contribution in [2.24, 2.45) is 4.99 Å². The lowest BCUT2D eigenvalue weighted by Gasteiger charge is -2.17. The average Bonchev–Trinajstić information content (AvgIpc) is 2.70. The van der Waals surface area contributed by atoms with Crippen molar-refractivity contribution in [1.82, 2.24) is 9.62 Å². The van der Waals surface area contributed by atoms with Crippen molar-refractivity contribution in [2.75, 3.05) is 31.2 Å². The van der Waals surface area contributed by atoms with E-state index in [2.05, 4.69) is 46.8 Å². The molecule has 0 bridgehead atoms. The topological polar surface area (TPSA) is 73.8 Å². The molecule has 0 aliphatic rings. The Balaban J connectivity index is 0.00000420. The third kappa shape index (κ3) is 9.14. The van der Waals surface area contributed by atoms with Crippen LogP contribution in [0.4, 0.5) is 5.69 Å². The summed E-state index contributed by atoms with van der Waals surface area (Å²) in [5, 5.41) is 6.59. The molecule has 0 radical (unpaired) electrons. The third-order valence-electron chi connectivity index (χ3n) is 4.36. The molecular weight excluding hydrogens is 499 g/mol. The Morgan fingerprint density at radius 2 is 1.72 bits per heavy atom. The summed E-state index contributed by atoms with van der Waals surface area (Å²) in [6.07, 6.45) is 0.690. The number of rotatable bonds is 9. The summed E-state index contributed by atoms with van der Waals surface area (Å²) in [6.45, 7) is 5.37. The number of hydrogen-bond acceptors (Lipinski definition) is 3. The smallest absolute Gasteiger partial charge is 0.213 e. The number of nitrogens with one attached hydrogen (secondary N) is 2. The van der Waals surface area contributed by atoms with Crippen molar-refractivity contribution < 1.29 is 8.42 Å². The summed E-state index contributed by atoms with van der Waals surface area (Å²) in [7, 11) is -1.52.